The van der Waals surface area contributed by atoms with E-state index in [9.17, 15) is 14.9 Å². The largest absolute Gasteiger partial charge is 0.370 e. The highest BCUT2D eigenvalue weighted by Gasteiger charge is 2.45. The summed E-state index contributed by atoms with van der Waals surface area (Å²) >= 11 is 0. The maximum Gasteiger partial charge on any atom is 0.223 e. The lowest BCUT2D eigenvalue weighted by molar-refractivity contribution is -0.130. The molecule has 5 nitrogen and oxygen atoms in total. The zero-order chi connectivity index (χ0) is 16.6. The number of nitrogens with two attached hydrogens (primary N) is 1. The number of Topliss-reactive ketones (excluding diaryl/α,β-unsaturated/α-hetero) is 1. The van der Waals surface area contributed by atoms with Crippen LogP contribution in [0.4, 0.5) is 0 Å². The Labute approximate surface area is 126 Å². The Morgan fingerprint density at radius 3 is 2.29 bits per heavy atom. The van der Waals surface area contributed by atoms with E-state index in [2.05, 4.69) is 11.4 Å². The number of nitrogens with one attached hydrogen (secondary N) is 1. The van der Waals surface area contributed by atoms with Gasteiger partial charge in [-0.25, -0.2) is 0 Å². The van der Waals surface area contributed by atoms with E-state index in [0.29, 0.717) is 12.0 Å². The minimum Gasteiger partial charge on any atom is -0.370 e. The summed E-state index contributed by atoms with van der Waals surface area (Å²) in [6.07, 6.45) is 0.703. The maximum absolute atomic E-state index is 12.4. The zero-order valence-corrected chi connectivity index (χ0v) is 13.8. The molecule has 116 valence electrons. The topological polar surface area (TPSA) is 96.0 Å². The second-order valence-electron chi connectivity index (χ2n) is 7.48. The summed E-state index contributed by atoms with van der Waals surface area (Å²) in [6.45, 7) is 10.9. The molecule has 1 rings (SSSR count). The Balaban J connectivity index is 3.11. The van der Waals surface area contributed by atoms with Crippen molar-refractivity contribution in [3.63, 3.8) is 0 Å². The summed E-state index contributed by atoms with van der Waals surface area (Å²) in [7, 11) is 0. The number of amides is 1. The summed E-state index contributed by atoms with van der Waals surface area (Å²) in [5, 5.41) is 12.5. The van der Waals surface area contributed by atoms with Crippen molar-refractivity contribution in [2.24, 2.45) is 16.6 Å². The normalized spacial score (nSPS) is 26.7. The standard InChI is InChI=1S/C16H25N3O2/c1-10(11(20)7-14(2,3)13(18)21)12-15(4,5)8-16(6,9-17)19-12/h19H,7-8H2,1-6H3,(H2,18,21)/b12-10-. The molecule has 0 aliphatic carbocycles. The van der Waals surface area contributed by atoms with Gasteiger partial charge in [0, 0.05) is 23.1 Å². The summed E-state index contributed by atoms with van der Waals surface area (Å²) in [6, 6.07) is 2.26. The predicted molar refractivity (Wildman–Crippen MR) is 80.9 cm³/mol. The SMILES string of the molecule is C/C(C(=O)CC(C)(C)C(N)=O)=C1/NC(C)(C#N)CC1(C)C. The van der Waals surface area contributed by atoms with Gasteiger partial charge in [0.15, 0.2) is 5.78 Å². The molecule has 1 amide bonds. The zero-order valence-electron chi connectivity index (χ0n) is 13.8. The molecule has 0 aromatic carbocycles. The molecule has 3 N–H and O–H groups in total. The van der Waals surface area contributed by atoms with Gasteiger partial charge in [0.25, 0.3) is 0 Å². The van der Waals surface area contributed by atoms with Crippen molar-refractivity contribution in [3.05, 3.63) is 11.3 Å². The second-order valence-corrected chi connectivity index (χ2v) is 7.48. The van der Waals surface area contributed by atoms with Crippen LogP contribution < -0.4 is 11.1 Å². The van der Waals surface area contributed by atoms with Crippen LogP contribution in [-0.2, 0) is 9.59 Å². The molecule has 5 heteroatoms. The van der Waals surface area contributed by atoms with Gasteiger partial charge in [0.05, 0.1) is 11.5 Å². The van der Waals surface area contributed by atoms with Gasteiger partial charge in [0.2, 0.25) is 5.91 Å². The van der Waals surface area contributed by atoms with E-state index in [0.717, 1.165) is 5.70 Å². The maximum atomic E-state index is 12.4. The summed E-state index contributed by atoms with van der Waals surface area (Å²) in [4.78, 5) is 23.8. The molecule has 0 spiro atoms. The van der Waals surface area contributed by atoms with Crippen molar-refractivity contribution < 1.29 is 9.59 Å². The van der Waals surface area contributed by atoms with Crippen molar-refractivity contribution in [2.45, 2.75) is 59.9 Å². The van der Waals surface area contributed by atoms with Crippen LogP contribution in [0.1, 0.15) is 54.4 Å². The molecule has 21 heavy (non-hydrogen) atoms. The Bertz CT molecular complexity index is 552. The van der Waals surface area contributed by atoms with Crippen LogP contribution in [0.3, 0.4) is 0 Å². The van der Waals surface area contributed by atoms with E-state index in [1.54, 1.807) is 20.8 Å². The van der Waals surface area contributed by atoms with Crippen LogP contribution in [0.15, 0.2) is 11.3 Å². The third-order valence-electron chi connectivity index (χ3n) is 4.18. The average Bonchev–Trinajstić information content (AvgIpc) is 2.58. The number of primary amides is 1. The van der Waals surface area contributed by atoms with Crippen LogP contribution in [0.25, 0.3) is 0 Å². The molecule has 1 fully saturated rings. The lowest BCUT2D eigenvalue weighted by atomic mass is 9.80. The fourth-order valence-corrected chi connectivity index (χ4v) is 2.89. The molecule has 0 aromatic rings. The van der Waals surface area contributed by atoms with Gasteiger partial charge in [-0.1, -0.05) is 27.7 Å². The number of allylic oxidation sites excluding steroid dienone is 2. The van der Waals surface area contributed by atoms with E-state index >= 15 is 0 Å². The fraction of sp³-hybridized carbons (Fsp3) is 0.688. The average molecular weight is 291 g/mol. The van der Waals surface area contributed by atoms with Crippen LogP contribution in [0.2, 0.25) is 0 Å². The lowest BCUT2D eigenvalue weighted by Gasteiger charge is -2.23. The summed E-state index contributed by atoms with van der Waals surface area (Å²) in [5.41, 5.74) is 4.87. The number of rotatable bonds is 4. The molecule has 0 saturated carbocycles. The minimum atomic E-state index is -0.875. The molecule has 1 aliphatic rings. The van der Waals surface area contributed by atoms with Crippen molar-refractivity contribution >= 4 is 11.7 Å². The van der Waals surface area contributed by atoms with Crippen LogP contribution in [0.5, 0.6) is 0 Å². The van der Waals surface area contributed by atoms with Crippen molar-refractivity contribution in [2.75, 3.05) is 0 Å². The summed E-state index contributed by atoms with van der Waals surface area (Å²) < 4.78 is 0. The molecule has 1 saturated heterocycles. The Kier molecular flexibility index (Phi) is 4.24. The molecule has 0 bridgehead atoms. The smallest absolute Gasteiger partial charge is 0.223 e. The number of hydrogen-bond donors (Lipinski definition) is 2. The molecular weight excluding hydrogens is 266 g/mol. The molecule has 0 radical (unpaired) electrons. The molecule has 0 aromatic heterocycles. The first-order valence-electron chi connectivity index (χ1n) is 7.08. The third-order valence-corrected chi connectivity index (χ3v) is 4.18. The van der Waals surface area contributed by atoms with Crippen LogP contribution in [0, 0.1) is 22.2 Å². The predicted octanol–water partition coefficient (Wildman–Crippen LogP) is 2.03. The number of carbonyl (C=O) groups is 2. The first-order chi connectivity index (χ1) is 9.34. The van der Waals surface area contributed by atoms with Gasteiger partial charge in [0.1, 0.15) is 5.54 Å². The first kappa shape index (κ1) is 17.2. The number of carbonyl (C=O) groups excluding carboxylic acids is 2. The molecule has 1 unspecified atom stereocenters. The first-order valence-corrected chi connectivity index (χ1v) is 7.08. The van der Waals surface area contributed by atoms with Crippen molar-refractivity contribution in [3.8, 4) is 6.07 Å². The molecule has 1 heterocycles. The van der Waals surface area contributed by atoms with Crippen molar-refractivity contribution in [1.82, 2.24) is 5.32 Å². The second kappa shape index (κ2) is 5.18. The monoisotopic (exact) mass is 291 g/mol. The molecule has 1 aliphatic heterocycles. The minimum absolute atomic E-state index is 0.0681. The van der Waals surface area contributed by atoms with E-state index < -0.39 is 16.9 Å². The van der Waals surface area contributed by atoms with Crippen molar-refractivity contribution in [1.29, 1.82) is 5.26 Å². The highest BCUT2D eigenvalue weighted by molar-refractivity contribution is 5.99. The van der Waals surface area contributed by atoms with Gasteiger partial charge < -0.3 is 11.1 Å². The number of nitrogens with zero attached hydrogens (tertiary/aromatic N) is 1. The van der Waals surface area contributed by atoms with Gasteiger partial charge in [-0.3, -0.25) is 9.59 Å². The van der Waals surface area contributed by atoms with Gasteiger partial charge >= 0.3 is 0 Å². The number of nitriles is 1. The Hall–Kier alpha value is -1.83. The third kappa shape index (κ3) is 3.44. The van der Waals surface area contributed by atoms with Gasteiger partial charge in [-0.15, -0.1) is 0 Å². The quantitative estimate of drug-likeness (QED) is 0.775. The van der Waals surface area contributed by atoms with E-state index in [1.165, 1.54) is 0 Å². The van der Waals surface area contributed by atoms with E-state index in [-0.39, 0.29) is 17.6 Å². The molecular formula is C16H25N3O2. The Morgan fingerprint density at radius 1 is 1.38 bits per heavy atom. The highest BCUT2D eigenvalue weighted by atomic mass is 16.1. The molecule has 1 atom stereocenters. The Morgan fingerprint density at radius 2 is 1.90 bits per heavy atom. The van der Waals surface area contributed by atoms with Gasteiger partial charge in [-0.05, 0) is 20.3 Å². The van der Waals surface area contributed by atoms with Crippen LogP contribution >= 0.6 is 0 Å². The number of hydrogen-bond acceptors (Lipinski definition) is 4. The number of ketones is 1. The fourth-order valence-electron chi connectivity index (χ4n) is 2.89. The van der Waals surface area contributed by atoms with E-state index in [1.807, 2.05) is 20.8 Å². The highest BCUT2D eigenvalue weighted by Crippen LogP contribution is 2.43. The van der Waals surface area contributed by atoms with Gasteiger partial charge in [-0.2, -0.15) is 5.26 Å². The lowest BCUT2D eigenvalue weighted by Crippen LogP contribution is -2.35. The summed E-state index contributed by atoms with van der Waals surface area (Å²) in [5.74, 6) is -0.606. The van der Waals surface area contributed by atoms with Crippen LogP contribution in [-0.4, -0.2) is 17.2 Å². The van der Waals surface area contributed by atoms with E-state index in [4.69, 9.17) is 5.73 Å².